The van der Waals surface area contributed by atoms with Gasteiger partial charge in [-0.3, -0.25) is 0 Å². The van der Waals surface area contributed by atoms with E-state index in [-0.39, 0.29) is 51.4 Å². The number of sulfonamides is 2. The molecule has 0 aromatic carbocycles. The van der Waals surface area contributed by atoms with Crippen LogP contribution in [0.2, 0.25) is 0 Å². The number of halogens is 14. The maximum absolute atomic E-state index is 12.9. The Balaban J connectivity index is 0. The monoisotopic (exact) mass is 520 g/mol. The molecule has 0 aliphatic heterocycles. The summed E-state index contributed by atoms with van der Waals surface area (Å²) in [7, 11) is -16.3. The largest absolute Gasteiger partial charge is 1.00 e. The fourth-order valence-electron chi connectivity index (χ4n) is 0.917. The minimum absolute atomic E-state index is 0. The first kappa shape index (κ1) is 30.7. The Labute approximate surface area is 187 Å². The van der Waals surface area contributed by atoms with Crippen molar-refractivity contribution in [3.63, 3.8) is 0 Å². The van der Waals surface area contributed by atoms with E-state index in [0.717, 1.165) is 0 Å². The van der Waals surface area contributed by atoms with Crippen LogP contribution in [0, 0.1) is 0 Å². The number of nitrogens with one attached hydrogen (secondary N) is 1. The van der Waals surface area contributed by atoms with Crippen LogP contribution in [0.5, 0.6) is 0 Å². The molecule has 22 heteroatoms. The minimum atomic E-state index is -8.17. The molecule has 1 N–H and O–H groups in total. The van der Waals surface area contributed by atoms with Gasteiger partial charge < -0.3 is 0 Å². The molecule has 0 radical (unpaired) electrons. The molecule has 0 heterocycles. The molecule has 0 bridgehead atoms. The van der Waals surface area contributed by atoms with Gasteiger partial charge in [-0.05, 0) is 0 Å². The van der Waals surface area contributed by atoms with Crippen LogP contribution < -0.4 is 55.5 Å². The summed E-state index contributed by atoms with van der Waals surface area (Å²) in [4.78, 5) is 0. The molecule has 0 rings (SSSR count). The van der Waals surface area contributed by atoms with Crippen LogP contribution >= 0.6 is 0 Å². The second-order valence-electron chi connectivity index (χ2n) is 4.27. The van der Waals surface area contributed by atoms with Gasteiger partial charge in [0, 0.05) is 0 Å². The summed E-state index contributed by atoms with van der Waals surface area (Å²) in [5.41, 5.74) is 0. The third kappa shape index (κ3) is 4.71. The van der Waals surface area contributed by atoms with E-state index in [2.05, 4.69) is 0 Å². The van der Waals surface area contributed by atoms with Crippen molar-refractivity contribution in [2.45, 2.75) is 34.7 Å². The first-order valence-corrected chi connectivity index (χ1v) is 8.10. The quantitative estimate of drug-likeness (QED) is 0.390. The molecular formula is C6HF14KNO4S2+. The van der Waals surface area contributed by atoms with Crippen LogP contribution in [-0.4, -0.2) is 51.5 Å². The van der Waals surface area contributed by atoms with Crippen LogP contribution in [0.3, 0.4) is 0 Å². The van der Waals surface area contributed by atoms with Gasteiger partial charge in [-0.1, -0.05) is 4.13 Å². The van der Waals surface area contributed by atoms with Crippen LogP contribution in [-0.2, 0) is 20.0 Å². The average molecular weight is 520 g/mol. The summed E-state index contributed by atoms with van der Waals surface area (Å²) >= 11 is 0. The Hall–Kier alpha value is 0.516. The molecular weight excluding hydrogens is 519 g/mol. The predicted octanol–water partition coefficient (Wildman–Crippen LogP) is -0.180. The van der Waals surface area contributed by atoms with Gasteiger partial charge in [0.05, 0.1) is 0 Å². The third-order valence-electron chi connectivity index (χ3n) is 2.34. The molecule has 28 heavy (non-hydrogen) atoms. The number of hydrogen-bond donors (Lipinski definition) is 1. The summed E-state index contributed by atoms with van der Waals surface area (Å²) in [5, 5.41) is -15.3. The van der Waals surface area contributed by atoms with Gasteiger partial charge >= 0.3 is 86.1 Å². The molecule has 0 saturated carbocycles. The molecule has 0 saturated heterocycles. The average Bonchev–Trinajstić information content (AvgIpc) is 2.33. The van der Waals surface area contributed by atoms with E-state index >= 15 is 0 Å². The van der Waals surface area contributed by atoms with Crippen molar-refractivity contribution in [2.75, 3.05) is 0 Å². The normalized spacial score (nSPS) is 15.9. The number of hydrogen-bond acceptors (Lipinski definition) is 4. The van der Waals surface area contributed by atoms with Crippen molar-refractivity contribution >= 4 is 20.0 Å². The predicted molar refractivity (Wildman–Crippen MR) is 52.9 cm³/mol. The van der Waals surface area contributed by atoms with E-state index < -0.39 is 58.9 Å². The van der Waals surface area contributed by atoms with E-state index in [4.69, 9.17) is 0 Å². The summed E-state index contributed by atoms with van der Waals surface area (Å²) in [5.74, 6) is -15.4. The van der Waals surface area contributed by atoms with E-state index in [9.17, 15) is 78.3 Å². The molecule has 0 aliphatic carbocycles. The van der Waals surface area contributed by atoms with E-state index in [1.807, 2.05) is 0 Å². The van der Waals surface area contributed by atoms with Crippen LogP contribution in [0.1, 0.15) is 0 Å². The van der Waals surface area contributed by atoms with Crippen LogP contribution in [0.15, 0.2) is 0 Å². The standard InChI is InChI=1S/C6HF14NO4S2.K/c7-1(8,3(11,12)13)5(17,18)26(22,23)21-27(24,25)6(19,20)2(9,10)4(14,15)16;/h21H;/q;+1. The van der Waals surface area contributed by atoms with Crippen LogP contribution in [0.4, 0.5) is 61.5 Å². The molecule has 0 spiro atoms. The van der Waals surface area contributed by atoms with Gasteiger partial charge in [-0.25, -0.2) is 16.8 Å². The van der Waals surface area contributed by atoms with E-state index in [1.165, 1.54) is 0 Å². The first-order valence-electron chi connectivity index (χ1n) is 5.13. The molecule has 0 unspecified atom stereocenters. The van der Waals surface area contributed by atoms with E-state index in [0.29, 0.717) is 0 Å². The zero-order valence-electron chi connectivity index (χ0n) is 12.2. The molecule has 0 aromatic rings. The summed E-state index contributed by atoms with van der Waals surface area (Å²) < 4.78 is 214. The summed E-state index contributed by atoms with van der Waals surface area (Å²) in [6.45, 7) is 0. The Kier molecular flexibility index (Phi) is 8.65. The van der Waals surface area contributed by atoms with Crippen molar-refractivity contribution in [3.8, 4) is 0 Å². The molecule has 0 atom stereocenters. The maximum atomic E-state index is 12.9. The van der Waals surface area contributed by atoms with Crippen molar-refractivity contribution in [1.29, 1.82) is 0 Å². The second kappa shape index (κ2) is 7.89. The van der Waals surface area contributed by atoms with Gasteiger partial charge in [0.2, 0.25) is 0 Å². The summed E-state index contributed by atoms with van der Waals surface area (Å²) in [6, 6.07) is 0. The maximum Gasteiger partial charge on any atom is 1.00 e. The van der Waals surface area contributed by atoms with Gasteiger partial charge in [0.1, 0.15) is 0 Å². The molecule has 0 fully saturated rings. The SMILES string of the molecule is O=S(=O)(NS(=O)(=O)C(F)(F)C(F)(F)C(F)(F)F)C(F)(F)C(F)(F)C(F)(F)F.[K+]. The van der Waals surface area contributed by atoms with Gasteiger partial charge in [-0.2, -0.15) is 61.5 Å². The zero-order chi connectivity index (χ0) is 22.7. The van der Waals surface area contributed by atoms with Crippen molar-refractivity contribution in [1.82, 2.24) is 4.13 Å². The number of alkyl halides is 14. The van der Waals surface area contributed by atoms with Gasteiger partial charge in [-0.15, -0.1) is 0 Å². The van der Waals surface area contributed by atoms with Crippen molar-refractivity contribution in [3.05, 3.63) is 0 Å². The van der Waals surface area contributed by atoms with Gasteiger partial charge in [0.15, 0.2) is 0 Å². The molecule has 5 nitrogen and oxygen atoms in total. The van der Waals surface area contributed by atoms with Gasteiger partial charge in [0.25, 0.3) is 20.0 Å². The molecule has 0 aromatic heterocycles. The Morgan fingerprint density at radius 3 is 0.786 bits per heavy atom. The van der Waals surface area contributed by atoms with Crippen LogP contribution in [0.25, 0.3) is 0 Å². The minimum Gasteiger partial charge on any atom is -0.205 e. The Morgan fingerprint density at radius 1 is 0.464 bits per heavy atom. The fraction of sp³-hybridized carbons (Fsp3) is 1.00. The zero-order valence-corrected chi connectivity index (χ0v) is 17.0. The van der Waals surface area contributed by atoms with Crippen molar-refractivity contribution in [2.24, 2.45) is 0 Å². The molecule has 164 valence electrons. The Morgan fingerprint density at radius 2 is 0.643 bits per heavy atom. The topological polar surface area (TPSA) is 80.3 Å². The molecule has 0 amide bonds. The summed E-state index contributed by atoms with van der Waals surface area (Å²) in [6.07, 6.45) is -14.9. The van der Waals surface area contributed by atoms with Crippen molar-refractivity contribution < 1.29 is 130 Å². The smallest absolute Gasteiger partial charge is 0.205 e. The Bertz CT molecular complexity index is 716. The second-order valence-corrected chi connectivity index (χ2v) is 7.97. The first-order chi connectivity index (χ1) is 11.2. The third-order valence-corrected chi connectivity index (χ3v) is 5.96. The fourth-order valence-corrected chi connectivity index (χ4v) is 3.82. The molecule has 0 aliphatic rings. The number of rotatable bonds is 6. The van der Waals surface area contributed by atoms with E-state index in [1.54, 1.807) is 0 Å².